The van der Waals surface area contributed by atoms with Crippen LogP contribution in [-0.2, 0) is 4.79 Å². The van der Waals surface area contributed by atoms with E-state index in [0.29, 0.717) is 24.4 Å². The average Bonchev–Trinajstić information content (AvgIpc) is 3.21. The summed E-state index contributed by atoms with van der Waals surface area (Å²) in [6.07, 6.45) is 1.76. The van der Waals surface area contributed by atoms with Crippen molar-refractivity contribution in [3.8, 4) is 17.6 Å². The van der Waals surface area contributed by atoms with Gasteiger partial charge in [-0.15, -0.1) is 0 Å². The van der Waals surface area contributed by atoms with Crippen molar-refractivity contribution in [2.45, 2.75) is 6.04 Å². The van der Waals surface area contributed by atoms with Crippen molar-refractivity contribution in [3.05, 3.63) is 54.2 Å². The summed E-state index contributed by atoms with van der Waals surface area (Å²) in [4.78, 5) is 19.7. The van der Waals surface area contributed by atoms with Gasteiger partial charge < -0.3 is 24.5 Å². The second-order valence-electron chi connectivity index (χ2n) is 7.36. The molecule has 0 saturated carbocycles. The predicted molar refractivity (Wildman–Crippen MR) is 117 cm³/mol. The van der Waals surface area contributed by atoms with E-state index in [1.54, 1.807) is 25.4 Å². The number of fused-ring (bicyclic) bond motifs is 1. The Hall–Kier alpha value is -3.70. The van der Waals surface area contributed by atoms with E-state index in [0.717, 1.165) is 35.4 Å². The lowest BCUT2D eigenvalue weighted by atomic mass is 10.0. The van der Waals surface area contributed by atoms with Gasteiger partial charge in [0.2, 0.25) is 0 Å². The quantitative estimate of drug-likeness (QED) is 0.606. The Labute approximate surface area is 180 Å². The molecule has 0 amide bonds. The van der Waals surface area contributed by atoms with Crippen LogP contribution in [0, 0.1) is 11.3 Å². The summed E-state index contributed by atoms with van der Waals surface area (Å²) in [6.45, 7) is 2.66. The molecule has 8 nitrogen and oxygen atoms in total. The first kappa shape index (κ1) is 20.6. The van der Waals surface area contributed by atoms with E-state index in [2.05, 4.69) is 9.88 Å². The van der Waals surface area contributed by atoms with Crippen molar-refractivity contribution in [1.29, 1.82) is 5.26 Å². The van der Waals surface area contributed by atoms with Crippen LogP contribution in [0.5, 0.6) is 11.5 Å². The molecule has 0 radical (unpaired) electrons. The normalized spacial score (nSPS) is 15.4. The third-order valence-corrected chi connectivity index (χ3v) is 5.63. The second-order valence-corrected chi connectivity index (χ2v) is 7.36. The maximum Gasteiger partial charge on any atom is 0.325 e. The lowest BCUT2D eigenvalue weighted by Gasteiger charge is -2.38. The monoisotopic (exact) mass is 420 g/mol. The van der Waals surface area contributed by atoms with Crippen molar-refractivity contribution in [2.24, 2.45) is 0 Å². The first-order chi connectivity index (χ1) is 15.1. The summed E-state index contributed by atoms with van der Waals surface area (Å²) in [7, 11) is 1.64. The van der Waals surface area contributed by atoms with Crippen molar-refractivity contribution in [2.75, 3.05) is 44.8 Å². The van der Waals surface area contributed by atoms with Gasteiger partial charge in [-0.1, -0.05) is 0 Å². The number of nitrogens with one attached hydrogen (secondary N) is 1. The predicted octanol–water partition coefficient (Wildman–Crippen LogP) is 3.03. The Morgan fingerprint density at radius 1 is 1.16 bits per heavy atom. The second kappa shape index (κ2) is 8.98. The number of piperazine rings is 1. The molecule has 1 aliphatic heterocycles. The topological polar surface area (TPSA) is 102 Å². The third kappa shape index (κ3) is 4.27. The van der Waals surface area contributed by atoms with Gasteiger partial charge >= 0.3 is 5.97 Å². The van der Waals surface area contributed by atoms with Crippen LogP contribution in [0.15, 0.2) is 48.7 Å². The number of aliphatic carboxylic acids is 1. The molecular formula is C23H24N4O4. The van der Waals surface area contributed by atoms with E-state index in [4.69, 9.17) is 14.7 Å². The van der Waals surface area contributed by atoms with Gasteiger partial charge in [-0.2, -0.15) is 5.26 Å². The highest BCUT2D eigenvalue weighted by atomic mass is 16.5. The van der Waals surface area contributed by atoms with Crippen LogP contribution in [0.1, 0.15) is 11.6 Å². The Kier molecular flexibility index (Phi) is 5.96. The van der Waals surface area contributed by atoms with Gasteiger partial charge in [-0.05, 0) is 42.5 Å². The highest BCUT2D eigenvalue weighted by molar-refractivity contribution is 5.90. The Morgan fingerprint density at radius 2 is 1.87 bits per heavy atom. The van der Waals surface area contributed by atoms with Crippen molar-refractivity contribution >= 4 is 22.6 Å². The molecule has 0 bridgehead atoms. The lowest BCUT2D eigenvalue weighted by Crippen LogP contribution is -2.49. The molecular weight excluding hydrogens is 396 g/mol. The minimum Gasteiger partial charge on any atom is -0.497 e. The van der Waals surface area contributed by atoms with E-state index >= 15 is 0 Å². The number of hydrogen-bond donors (Lipinski definition) is 2. The van der Waals surface area contributed by atoms with Crippen LogP contribution in [0.2, 0.25) is 0 Å². The number of methoxy groups -OCH3 is 1. The van der Waals surface area contributed by atoms with Gasteiger partial charge in [-0.25, -0.2) is 0 Å². The highest BCUT2D eigenvalue weighted by Gasteiger charge is 2.32. The molecule has 8 heteroatoms. The molecule has 2 N–H and O–H groups in total. The molecule has 1 aromatic heterocycles. The zero-order chi connectivity index (χ0) is 21.8. The van der Waals surface area contributed by atoms with Crippen molar-refractivity contribution in [1.82, 2.24) is 9.88 Å². The number of nitriles is 1. The molecule has 31 heavy (non-hydrogen) atoms. The molecule has 1 fully saturated rings. The van der Waals surface area contributed by atoms with Crippen LogP contribution in [0.4, 0.5) is 5.69 Å². The van der Waals surface area contributed by atoms with Gasteiger partial charge in [0.25, 0.3) is 0 Å². The molecule has 2 aromatic carbocycles. The van der Waals surface area contributed by atoms with Crippen LogP contribution in [0.25, 0.3) is 10.9 Å². The summed E-state index contributed by atoms with van der Waals surface area (Å²) in [5, 5.41) is 19.6. The van der Waals surface area contributed by atoms with Crippen molar-refractivity contribution < 1.29 is 19.4 Å². The molecule has 3 aromatic rings. The van der Waals surface area contributed by atoms with E-state index < -0.39 is 12.0 Å². The van der Waals surface area contributed by atoms with Gasteiger partial charge in [0.05, 0.1) is 7.11 Å². The van der Waals surface area contributed by atoms with Crippen LogP contribution in [0.3, 0.4) is 0 Å². The molecule has 0 unspecified atom stereocenters. The third-order valence-electron chi connectivity index (χ3n) is 5.63. The average molecular weight is 420 g/mol. The molecule has 1 atom stereocenters. The fourth-order valence-electron chi connectivity index (χ4n) is 4.07. The number of aromatic nitrogens is 1. The summed E-state index contributed by atoms with van der Waals surface area (Å²) in [5.41, 5.74) is 2.63. The SMILES string of the molecule is COc1ccc(N2CCN([C@@H](C(=O)O)c3c[nH]c4ccc(OCC#N)cc34)CC2)cc1. The first-order valence-corrected chi connectivity index (χ1v) is 10.1. The number of aromatic amines is 1. The maximum atomic E-state index is 12.3. The van der Waals surface area contributed by atoms with E-state index in [-0.39, 0.29) is 6.61 Å². The number of nitrogens with zero attached hydrogens (tertiary/aromatic N) is 3. The van der Waals surface area contributed by atoms with Gasteiger partial charge in [0.1, 0.15) is 23.6 Å². The highest BCUT2D eigenvalue weighted by Crippen LogP contribution is 2.32. The zero-order valence-electron chi connectivity index (χ0n) is 17.2. The minimum absolute atomic E-state index is 0.0546. The number of ether oxygens (including phenoxy) is 2. The summed E-state index contributed by atoms with van der Waals surface area (Å²) in [6, 6.07) is 14.5. The van der Waals surface area contributed by atoms with Crippen molar-refractivity contribution in [3.63, 3.8) is 0 Å². The largest absolute Gasteiger partial charge is 0.497 e. The number of carboxylic acids is 1. The van der Waals surface area contributed by atoms with E-state index in [9.17, 15) is 9.90 Å². The summed E-state index contributed by atoms with van der Waals surface area (Å²) in [5.74, 6) is 0.469. The zero-order valence-corrected chi connectivity index (χ0v) is 17.2. The van der Waals surface area contributed by atoms with Crippen LogP contribution >= 0.6 is 0 Å². The van der Waals surface area contributed by atoms with Gasteiger partial charge in [0, 0.05) is 54.5 Å². The molecule has 160 valence electrons. The summed E-state index contributed by atoms with van der Waals surface area (Å²) < 4.78 is 10.6. The smallest absolute Gasteiger partial charge is 0.325 e. The Morgan fingerprint density at radius 3 is 2.52 bits per heavy atom. The number of benzene rings is 2. The number of H-pyrrole nitrogens is 1. The standard InChI is InChI=1S/C23H24N4O4/c1-30-17-4-2-16(3-5-17)26-9-11-27(12-10-26)22(23(28)29)20-15-25-21-7-6-18(14-19(20)21)31-13-8-24/h2-7,14-15,22,25H,9-13H2,1H3,(H,28,29)/t22-/m1/s1. The van der Waals surface area contributed by atoms with E-state index in [1.165, 1.54) is 0 Å². The molecule has 4 rings (SSSR count). The molecule has 1 aliphatic rings. The fraction of sp³-hybridized carbons (Fsp3) is 0.304. The molecule has 0 spiro atoms. The van der Waals surface area contributed by atoms with Gasteiger partial charge in [-0.3, -0.25) is 9.69 Å². The number of carbonyl (C=O) groups is 1. The van der Waals surface area contributed by atoms with Crippen LogP contribution < -0.4 is 14.4 Å². The number of rotatable bonds is 7. The summed E-state index contributed by atoms with van der Waals surface area (Å²) >= 11 is 0. The lowest BCUT2D eigenvalue weighted by molar-refractivity contribution is -0.143. The number of anilines is 1. The maximum absolute atomic E-state index is 12.3. The van der Waals surface area contributed by atoms with Crippen LogP contribution in [-0.4, -0.2) is 60.9 Å². The number of carboxylic acid groups (broad SMARTS) is 1. The van der Waals surface area contributed by atoms with E-state index in [1.807, 2.05) is 41.3 Å². The fourth-order valence-corrected chi connectivity index (χ4v) is 4.07. The molecule has 1 saturated heterocycles. The molecule has 0 aliphatic carbocycles. The Bertz CT molecular complexity index is 1090. The first-order valence-electron chi connectivity index (χ1n) is 10.1. The molecule has 2 heterocycles. The minimum atomic E-state index is -0.887. The Balaban J connectivity index is 1.53. The number of hydrogen-bond acceptors (Lipinski definition) is 6. The van der Waals surface area contributed by atoms with Gasteiger partial charge in [0.15, 0.2) is 6.61 Å².